The Labute approximate surface area is 195 Å². The van der Waals surface area contributed by atoms with E-state index in [4.69, 9.17) is 9.47 Å². The van der Waals surface area contributed by atoms with E-state index in [9.17, 15) is 19.2 Å². The van der Waals surface area contributed by atoms with Gasteiger partial charge in [0.25, 0.3) is 11.1 Å². The van der Waals surface area contributed by atoms with Crippen molar-refractivity contribution in [2.75, 3.05) is 26.7 Å². The molecule has 0 radical (unpaired) electrons. The van der Waals surface area contributed by atoms with Crippen LogP contribution in [0.4, 0.5) is 4.79 Å². The van der Waals surface area contributed by atoms with Crippen LogP contribution < -0.4 is 9.47 Å². The van der Waals surface area contributed by atoms with Gasteiger partial charge in [-0.3, -0.25) is 19.3 Å². The lowest BCUT2D eigenvalue weighted by Crippen LogP contribution is -2.40. The molecule has 2 saturated heterocycles. The molecule has 170 valence electrons. The summed E-state index contributed by atoms with van der Waals surface area (Å²) in [5, 5.41) is -0.483. The third-order valence-corrected chi connectivity index (χ3v) is 6.23. The topological polar surface area (TPSA) is 93.2 Å². The van der Waals surface area contributed by atoms with Gasteiger partial charge in [-0.25, -0.2) is 4.79 Å². The van der Waals surface area contributed by atoms with Crippen molar-refractivity contribution >= 4 is 40.9 Å². The molecular weight excluding hydrogens is 444 g/mol. The average Bonchev–Trinajstić information content (AvgIpc) is 3.45. The van der Waals surface area contributed by atoms with Crippen LogP contribution in [0.15, 0.2) is 53.4 Å². The molecule has 0 atom stereocenters. The predicted molar refractivity (Wildman–Crippen MR) is 123 cm³/mol. The third-order valence-electron chi connectivity index (χ3n) is 5.32. The van der Waals surface area contributed by atoms with Crippen LogP contribution in [0.25, 0.3) is 6.08 Å². The van der Waals surface area contributed by atoms with Crippen molar-refractivity contribution < 1.29 is 28.7 Å². The molecule has 0 saturated carbocycles. The summed E-state index contributed by atoms with van der Waals surface area (Å²) < 4.78 is 10.8. The first-order valence-electron chi connectivity index (χ1n) is 10.4. The highest BCUT2D eigenvalue weighted by molar-refractivity contribution is 8.18. The standard InChI is InChI=1S/C24H22N2O6S/c1-31-18-10-9-16(13-19(18)32-23(29)17-7-3-2-4-8-17)14-20-22(28)26(24(30)33-20)15-21(27)25-11-5-6-12-25/h2-4,7-10,13-14H,5-6,11-12,15H2,1H3/b20-14-. The van der Waals surface area contributed by atoms with Crippen molar-refractivity contribution in [3.05, 3.63) is 64.6 Å². The lowest BCUT2D eigenvalue weighted by atomic mass is 10.1. The third kappa shape index (κ3) is 5.09. The smallest absolute Gasteiger partial charge is 0.343 e. The fraction of sp³-hybridized carbons (Fsp3) is 0.250. The number of nitrogens with zero attached hydrogens (tertiary/aromatic N) is 2. The maximum absolute atomic E-state index is 12.8. The Morgan fingerprint density at radius 3 is 2.45 bits per heavy atom. The van der Waals surface area contributed by atoms with E-state index in [1.807, 2.05) is 0 Å². The van der Waals surface area contributed by atoms with E-state index in [-0.39, 0.29) is 23.1 Å². The number of likely N-dealkylation sites (tertiary alicyclic amines) is 1. The number of benzene rings is 2. The quantitative estimate of drug-likeness (QED) is 0.365. The molecule has 33 heavy (non-hydrogen) atoms. The lowest BCUT2D eigenvalue weighted by molar-refractivity contribution is -0.135. The van der Waals surface area contributed by atoms with Gasteiger partial charge in [0.2, 0.25) is 5.91 Å². The van der Waals surface area contributed by atoms with Gasteiger partial charge in [0, 0.05) is 13.1 Å². The summed E-state index contributed by atoms with van der Waals surface area (Å²) in [7, 11) is 1.46. The molecule has 3 amide bonds. The van der Waals surface area contributed by atoms with E-state index < -0.39 is 17.1 Å². The van der Waals surface area contributed by atoms with Crippen LogP contribution in [-0.2, 0) is 9.59 Å². The van der Waals surface area contributed by atoms with Gasteiger partial charge in [-0.05, 0) is 60.5 Å². The summed E-state index contributed by atoms with van der Waals surface area (Å²) in [5.74, 6) is -0.761. The number of carbonyl (C=O) groups excluding carboxylic acids is 4. The number of rotatable bonds is 6. The number of methoxy groups -OCH3 is 1. The molecular formula is C24H22N2O6S. The van der Waals surface area contributed by atoms with Crippen molar-refractivity contribution in [2.45, 2.75) is 12.8 Å². The zero-order chi connectivity index (χ0) is 23.4. The van der Waals surface area contributed by atoms with E-state index in [2.05, 4.69) is 0 Å². The van der Waals surface area contributed by atoms with E-state index in [1.165, 1.54) is 13.2 Å². The zero-order valence-corrected chi connectivity index (χ0v) is 18.8. The Balaban J connectivity index is 1.51. The first-order chi connectivity index (χ1) is 16.0. The number of carbonyl (C=O) groups is 4. The molecule has 9 heteroatoms. The van der Waals surface area contributed by atoms with Gasteiger partial charge < -0.3 is 14.4 Å². The SMILES string of the molecule is COc1ccc(/C=C2\SC(=O)N(CC(=O)N3CCCC3)C2=O)cc1OC(=O)c1ccccc1. The molecule has 8 nitrogen and oxygen atoms in total. The van der Waals surface area contributed by atoms with Crippen molar-refractivity contribution in [1.82, 2.24) is 9.80 Å². The summed E-state index contributed by atoms with van der Waals surface area (Å²) in [6.45, 7) is 1.05. The van der Waals surface area contributed by atoms with Gasteiger partial charge in [0.1, 0.15) is 6.54 Å². The molecule has 0 N–H and O–H groups in total. The summed E-state index contributed by atoms with van der Waals surface area (Å²) in [6, 6.07) is 13.4. The van der Waals surface area contributed by atoms with Gasteiger partial charge in [-0.15, -0.1) is 0 Å². The van der Waals surface area contributed by atoms with Gasteiger partial charge in [0.05, 0.1) is 17.6 Å². The van der Waals surface area contributed by atoms with Crippen molar-refractivity contribution in [1.29, 1.82) is 0 Å². The van der Waals surface area contributed by atoms with Gasteiger partial charge in [-0.2, -0.15) is 0 Å². The number of amides is 3. The van der Waals surface area contributed by atoms with Crippen LogP contribution in [0.5, 0.6) is 11.5 Å². The molecule has 2 aliphatic heterocycles. The fourth-order valence-corrected chi connectivity index (χ4v) is 4.42. The Hall–Kier alpha value is -3.59. The highest BCUT2D eigenvalue weighted by atomic mass is 32.2. The van der Waals surface area contributed by atoms with Crippen LogP contribution in [0.1, 0.15) is 28.8 Å². The van der Waals surface area contributed by atoms with Crippen LogP contribution in [0.2, 0.25) is 0 Å². The zero-order valence-electron chi connectivity index (χ0n) is 18.0. The van der Waals surface area contributed by atoms with E-state index in [0.29, 0.717) is 30.0 Å². The molecule has 2 aliphatic rings. The van der Waals surface area contributed by atoms with Crippen LogP contribution >= 0.6 is 11.8 Å². The molecule has 0 aliphatic carbocycles. The molecule has 2 aromatic carbocycles. The second-order valence-electron chi connectivity index (χ2n) is 7.52. The van der Waals surface area contributed by atoms with E-state index in [1.54, 1.807) is 53.4 Å². The summed E-state index contributed by atoms with van der Waals surface area (Å²) in [6.07, 6.45) is 3.40. The predicted octanol–water partition coefficient (Wildman–Crippen LogP) is 3.57. The number of imide groups is 1. The van der Waals surface area contributed by atoms with Crippen molar-refractivity contribution in [3.8, 4) is 11.5 Å². The lowest BCUT2D eigenvalue weighted by Gasteiger charge is -2.18. The van der Waals surface area contributed by atoms with E-state index in [0.717, 1.165) is 29.5 Å². The van der Waals surface area contributed by atoms with Gasteiger partial charge >= 0.3 is 5.97 Å². The molecule has 0 bridgehead atoms. The highest BCUT2D eigenvalue weighted by Crippen LogP contribution is 2.35. The first-order valence-corrected chi connectivity index (χ1v) is 11.3. The fourth-order valence-electron chi connectivity index (χ4n) is 3.59. The maximum Gasteiger partial charge on any atom is 0.343 e. The number of thioether (sulfide) groups is 1. The Morgan fingerprint density at radius 1 is 1.03 bits per heavy atom. The average molecular weight is 467 g/mol. The maximum atomic E-state index is 12.8. The largest absolute Gasteiger partial charge is 0.493 e. The number of hydrogen-bond acceptors (Lipinski definition) is 7. The summed E-state index contributed by atoms with van der Waals surface area (Å²) in [4.78, 5) is 52.8. The Bertz CT molecular complexity index is 1130. The van der Waals surface area contributed by atoms with Gasteiger partial charge in [0.15, 0.2) is 11.5 Å². The molecule has 0 aromatic heterocycles. The molecule has 2 heterocycles. The monoisotopic (exact) mass is 466 g/mol. The van der Waals surface area contributed by atoms with Crippen LogP contribution in [0.3, 0.4) is 0 Å². The molecule has 2 aromatic rings. The number of hydrogen-bond donors (Lipinski definition) is 0. The van der Waals surface area contributed by atoms with Crippen molar-refractivity contribution in [2.24, 2.45) is 0 Å². The normalized spacial score (nSPS) is 17.1. The minimum absolute atomic E-state index is 0.184. The minimum Gasteiger partial charge on any atom is -0.493 e. The second-order valence-corrected chi connectivity index (χ2v) is 8.51. The van der Waals surface area contributed by atoms with E-state index >= 15 is 0 Å². The first kappa shape index (κ1) is 22.6. The van der Waals surface area contributed by atoms with Crippen molar-refractivity contribution in [3.63, 3.8) is 0 Å². The summed E-state index contributed by atoms with van der Waals surface area (Å²) >= 11 is 0.777. The highest BCUT2D eigenvalue weighted by Gasteiger charge is 2.37. The van der Waals surface area contributed by atoms with Gasteiger partial charge in [-0.1, -0.05) is 24.3 Å². The Kier molecular flexibility index (Phi) is 6.79. The second kappa shape index (κ2) is 9.91. The molecule has 0 unspecified atom stereocenters. The Morgan fingerprint density at radius 2 is 1.76 bits per heavy atom. The number of ether oxygens (including phenoxy) is 2. The van der Waals surface area contributed by atoms with Crippen LogP contribution in [0, 0.1) is 0 Å². The van der Waals surface area contributed by atoms with Crippen LogP contribution in [-0.4, -0.2) is 59.6 Å². The number of esters is 1. The summed E-state index contributed by atoms with van der Waals surface area (Å²) in [5.41, 5.74) is 0.928. The minimum atomic E-state index is -0.549. The molecule has 0 spiro atoms. The molecule has 2 fully saturated rings. The molecule has 4 rings (SSSR count).